The molecule has 4 N–H and O–H groups in total. The van der Waals surface area contributed by atoms with Crippen LogP contribution in [0.4, 0.5) is 22.0 Å². The summed E-state index contributed by atoms with van der Waals surface area (Å²) in [5.41, 5.74) is 6.95. The zero-order valence-electron chi connectivity index (χ0n) is 13.8. The van der Waals surface area contributed by atoms with Crippen molar-refractivity contribution in [3.63, 3.8) is 0 Å². The number of hydrogen-bond donors (Lipinski definition) is 3. The highest BCUT2D eigenvalue weighted by molar-refractivity contribution is 5.67. The van der Waals surface area contributed by atoms with Gasteiger partial charge in [0.2, 0.25) is 0 Å². The zero-order valence-corrected chi connectivity index (χ0v) is 13.8. The minimum absolute atomic E-state index is 0.0103. The second-order valence-electron chi connectivity index (χ2n) is 5.88. The van der Waals surface area contributed by atoms with Crippen molar-refractivity contribution < 1.29 is 27.1 Å². The standard InChI is InChI=1S/C18H19F5N2O/c19-7-16(24)15-3-1-2-14(17(15)20)13-5-11(4-12(6-13)9-26)8-25-10-18(21,22)23/h1-6,16,25-26H,7-10,24H2. The first-order chi connectivity index (χ1) is 12.2. The van der Waals surface area contributed by atoms with Gasteiger partial charge in [-0.2, -0.15) is 13.2 Å². The van der Waals surface area contributed by atoms with Crippen molar-refractivity contribution >= 4 is 0 Å². The van der Waals surface area contributed by atoms with Crippen LogP contribution in [0.1, 0.15) is 22.7 Å². The summed E-state index contributed by atoms with van der Waals surface area (Å²) in [6.45, 7) is -2.55. The van der Waals surface area contributed by atoms with E-state index in [4.69, 9.17) is 5.73 Å². The van der Waals surface area contributed by atoms with Crippen molar-refractivity contribution in [2.45, 2.75) is 25.4 Å². The Hall–Kier alpha value is -2.03. The molecule has 0 spiro atoms. The molecule has 2 aromatic rings. The molecule has 0 radical (unpaired) electrons. The molecule has 142 valence electrons. The Bertz CT molecular complexity index is 749. The molecular formula is C18H19F5N2O. The average molecular weight is 374 g/mol. The van der Waals surface area contributed by atoms with Crippen molar-refractivity contribution in [3.8, 4) is 11.1 Å². The SMILES string of the molecule is NC(CF)c1cccc(-c2cc(CO)cc(CNCC(F)(F)F)c2)c1F. The molecule has 0 fully saturated rings. The van der Waals surface area contributed by atoms with E-state index in [-0.39, 0.29) is 24.3 Å². The predicted octanol–water partition coefficient (Wildman–Crippen LogP) is 3.61. The lowest BCUT2D eigenvalue weighted by molar-refractivity contribution is -0.125. The molecule has 8 heteroatoms. The Morgan fingerprint density at radius 1 is 1.12 bits per heavy atom. The molecular weight excluding hydrogens is 355 g/mol. The topological polar surface area (TPSA) is 58.3 Å². The van der Waals surface area contributed by atoms with Gasteiger partial charge in [-0.3, -0.25) is 0 Å². The van der Waals surface area contributed by atoms with E-state index in [9.17, 15) is 27.1 Å². The Labute approximate surface area is 147 Å². The first-order valence-electron chi connectivity index (χ1n) is 7.86. The number of aliphatic hydroxyl groups is 1. The molecule has 0 aromatic heterocycles. The zero-order chi connectivity index (χ0) is 19.3. The third kappa shape index (κ3) is 5.23. The summed E-state index contributed by atoms with van der Waals surface area (Å²) in [6.07, 6.45) is -4.35. The smallest absolute Gasteiger partial charge is 0.392 e. The molecule has 26 heavy (non-hydrogen) atoms. The maximum atomic E-state index is 14.7. The van der Waals surface area contributed by atoms with Gasteiger partial charge in [-0.1, -0.05) is 24.3 Å². The number of nitrogens with two attached hydrogens (primary N) is 1. The van der Waals surface area contributed by atoms with Gasteiger partial charge in [0.25, 0.3) is 0 Å². The Balaban J connectivity index is 2.36. The largest absolute Gasteiger partial charge is 0.401 e. The summed E-state index contributed by atoms with van der Waals surface area (Å²) in [5.74, 6) is -0.693. The number of halogens is 5. The van der Waals surface area contributed by atoms with Gasteiger partial charge in [-0.05, 0) is 28.8 Å². The first kappa shape index (κ1) is 20.3. The second kappa shape index (κ2) is 8.57. The average Bonchev–Trinajstić information content (AvgIpc) is 2.59. The predicted molar refractivity (Wildman–Crippen MR) is 88.4 cm³/mol. The van der Waals surface area contributed by atoms with Gasteiger partial charge in [-0.25, -0.2) is 8.78 Å². The monoisotopic (exact) mass is 374 g/mol. The number of aliphatic hydroxyl groups excluding tert-OH is 1. The van der Waals surface area contributed by atoms with E-state index in [0.717, 1.165) is 0 Å². The van der Waals surface area contributed by atoms with E-state index >= 15 is 0 Å². The Kier molecular flexibility index (Phi) is 6.69. The van der Waals surface area contributed by atoms with Crippen LogP contribution in [0.15, 0.2) is 36.4 Å². The molecule has 0 aliphatic heterocycles. The van der Waals surface area contributed by atoms with Crippen LogP contribution in [0.25, 0.3) is 11.1 Å². The van der Waals surface area contributed by atoms with Gasteiger partial charge in [0, 0.05) is 17.7 Å². The van der Waals surface area contributed by atoms with Crippen LogP contribution in [0, 0.1) is 5.82 Å². The fourth-order valence-corrected chi connectivity index (χ4v) is 2.60. The number of rotatable bonds is 7. The molecule has 0 saturated carbocycles. The van der Waals surface area contributed by atoms with Crippen LogP contribution in [0.2, 0.25) is 0 Å². The van der Waals surface area contributed by atoms with Crippen molar-refractivity contribution in [2.75, 3.05) is 13.2 Å². The van der Waals surface area contributed by atoms with E-state index in [1.54, 1.807) is 0 Å². The maximum absolute atomic E-state index is 14.7. The second-order valence-corrected chi connectivity index (χ2v) is 5.88. The number of alkyl halides is 4. The van der Waals surface area contributed by atoms with E-state index in [2.05, 4.69) is 5.32 Å². The van der Waals surface area contributed by atoms with Crippen LogP contribution in [-0.4, -0.2) is 24.5 Å². The molecule has 0 amide bonds. The van der Waals surface area contributed by atoms with Crippen molar-refractivity contribution in [1.29, 1.82) is 0 Å². The third-order valence-electron chi connectivity index (χ3n) is 3.80. The van der Waals surface area contributed by atoms with Gasteiger partial charge in [0.05, 0.1) is 19.2 Å². The molecule has 0 aliphatic rings. The van der Waals surface area contributed by atoms with E-state index in [1.165, 1.54) is 36.4 Å². The lowest BCUT2D eigenvalue weighted by Gasteiger charge is -2.14. The summed E-state index contributed by atoms with van der Waals surface area (Å²) in [5, 5.41) is 11.6. The fourth-order valence-electron chi connectivity index (χ4n) is 2.60. The molecule has 2 aromatic carbocycles. The molecule has 1 unspecified atom stereocenters. The Morgan fingerprint density at radius 3 is 2.42 bits per heavy atom. The van der Waals surface area contributed by atoms with E-state index in [1.807, 2.05) is 0 Å². The summed E-state index contributed by atoms with van der Waals surface area (Å²) in [7, 11) is 0. The number of nitrogens with one attached hydrogen (secondary N) is 1. The van der Waals surface area contributed by atoms with Crippen LogP contribution in [0.5, 0.6) is 0 Å². The highest BCUT2D eigenvalue weighted by atomic mass is 19.4. The van der Waals surface area contributed by atoms with Crippen molar-refractivity contribution in [2.24, 2.45) is 5.73 Å². The quantitative estimate of drug-likeness (QED) is 0.649. The van der Waals surface area contributed by atoms with Gasteiger partial charge in [0.1, 0.15) is 12.5 Å². The van der Waals surface area contributed by atoms with Crippen LogP contribution >= 0.6 is 0 Å². The highest BCUT2D eigenvalue weighted by Crippen LogP contribution is 2.29. The first-order valence-corrected chi connectivity index (χ1v) is 7.86. The maximum Gasteiger partial charge on any atom is 0.401 e. The number of benzene rings is 2. The summed E-state index contributed by atoms with van der Waals surface area (Å²) in [4.78, 5) is 0. The van der Waals surface area contributed by atoms with Crippen LogP contribution in [-0.2, 0) is 13.2 Å². The van der Waals surface area contributed by atoms with Crippen LogP contribution in [0.3, 0.4) is 0 Å². The lowest BCUT2D eigenvalue weighted by Crippen LogP contribution is -2.28. The summed E-state index contributed by atoms with van der Waals surface area (Å²) < 4.78 is 64.3. The molecule has 3 nitrogen and oxygen atoms in total. The van der Waals surface area contributed by atoms with Gasteiger partial charge >= 0.3 is 6.18 Å². The molecule has 0 saturated heterocycles. The molecule has 2 rings (SSSR count). The Morgan fingerprint density at radius 2 is 1.81 bits per heavy atom. The van der Waals surface area contributed by atoms with Gasteiger partial charge < -0.3 is 16.2 Å². The number of hydrogen-bond acceptors (Lipinski definition) is 3. The minimum atomic E-state index is -4.35. The van der Waals surface area contributed by atoms with Crippen LogP contribution < -0.4 is 11.1 Å². The van der Waals surface area contributed by atoms with Gasteiger partial charge in [-0.15, -0.1) is 0 Å². The normalized spacial score (nSPS) is 13.0. The lowest BCUT2D eigenvalue weighted by atomic mass is 9.96. The fraction of sp³-hybridized carbons (Fsp3) is 0.333. The summed E-state index contributed by atoms with van der Waals surface area (Å²) in [6, 6.07) is 7.84. The third-order valence-corrected chi connectivity index (χ3v) is 3.80. The van der Waals surface area contributed by atoms with Crippen molar-refractivity contribution in [1.82, 2.24) is 5.32 Å². The summed E-state index contributed by atoms with van der Waals surface area (Å²) >= 11 is 0. The molecule has 1 atom stereocenters. The highest BCUT2D eigenvalue weighted by Gasteiger charge is 2.26. The van der Waals surface area contributed by atoms with E-state index in [0.29, 0.717) is 16.7 Å². The van der Waals surface area contributed by atoms with Gasteiger partial charge in [0.15, 0.2) is 0 Å². The molecule has 0 heterocycles. The molecule has 0 bridgehead atoms. The van der Waals surface area contributed by atoms with E-state index < -0.39 is 31.3 Å². The van der Waals surface area contributed by atoms with Crippen molar-refractivity contribution in [3.05, 3.63) is 58.9 Å². The minimum Gasteiger partial charge on any atom is -0.392 e. The molecule has 0 aliphatic carbocycles.